The number of amides is 1. The van der Waals surface area contributed by atoms with Gasteiger partial charge in [-0.2, -0.15) is 0 Å². The summed E-state index contributed by atoms with van der Waals surface area (Å²) in [6.07, 6.45) is 0. The van der Waals surface area contributed by atoms with Crippen LogP contribution in [0, 0.1) is 10.1 Å². The molecule has 0 saturated carbocycles. The fraction of sp³-hybridized carbons (Fsp3) is 0.300. The lowest BCUT2D eigenvalue weighted by Gasteiger charge is -2.37. The molecule has 8 nitrogen and oxygen atoms in total. The van der Waals surface area contributed by atoms with Gasteiger partial charge >= 0.3 is 0 Å². The highest BCUT2D eigenvalue weighted by Crippen LogP contribution is 2.35. The second kappa shape index (κ2) is 9.73. The molecule has 1 N–H and O–H groups in total. The number of piperazine rings is 1. The van der Waals surface area contributed by atoms with Crippen LogP contribution in [0.5, 0.6) is 5.75 Å². The molecule has 1 fully saturated rings. The fourth-order valence-electron chi connectivity index (χ4n) is 3.22. The molecule has 0 spiro atoms. The van der Waals surface area contributed by atoms with E-state index in [-0.39, 0.29) is 11.6 Å². The van der Waals surface area contributed by atoms with Crippen LogP contribution >= 0.6 is 23.8 Å². The van der Waals surface area contributed by atoms with Crippen molar-refractivity contribution in [1.82, 2.24) is 10.2 Å². The van der Waals surface area contributed by atoms with E-state index < -0.39 is 4.92 Å². The highest BCUT2D eigenvalue weighted by molar-refractivity contribution is 7.80. The molecular weight excluding hydrogens is 428 g/mol. The number of halogens is 1. The van der Waals surface area contributed by atoms with Crippen molar-refractivity contribution in [3.63, 3.8) is 0 Å². The first kappa shape index (κ1) is 21.8. The first-order chi connectivity index (χ1) is 14.4. The van der Waals surface area contributed by atoms with Crippen LogP contribution < -0.4 is 15.0 Å². The normalized spacial score (nSPS) is 13.7. The second-order valence-electron chi connectivity index (χ2n) is 6.56. The second-order valence-corrected chi connectivity index (χ2v) is 7.35. The van der Waals surface area contributed by atoms with Crippen LogP contribution in [0.15, 0.2) is 42.5 Å². The van der Waals surface area contributed by atoms with Crippen molar-refractivity contribution in [3.8, 4) is 5.75 Å². The number of para-hydroxylation sites is 1. The number of thiocarbonyl (C=S) groups is 1. The van der Waals surface area contributed by atoms with Gasteiger partial charge in [0, 0.05) is 37.8 Å². The predicted molar refractivity (Wildman–Crippen MR) is 120 cm³/mol. The van der Waals surface area contributed by atoms with E-state index >= 15 is 0 Å². The number of carbonyl (C=O) groups excluding carboxylic acids is 1. The molecule has 2 aromatic carbocycles. The Morgan fingerprint density at radius 3 is 2.47 bits per heavy atom. The maximum absolute atomic E-state index is 12.4. The highest BCUT2D eigenvalue weighted by Gasteiger charge is 2.27. The van der Waals surface area contributed by atoms with Gasteiger partial charge in [-0.3, -0.25) is 20.2 Å². The maximum Gasteiger partial charge on any atom is 0.294 e. The van der Waals surface area contributed by atoms with Crippen LogP contribution in [-0.4, -0.2) is 53.6 Å². The molecule has 3 rings (SSSR count). The van der Waals surface area contributed by atoms with Gasteiger partial charge in [0.05, 0.1) is 16.6 Å². The van der Waals surface area contributed by atoms with Crippen LogP contribution in [0.2, 0.25) is 5.02 Å². The number of hydrogen-bond acceptors (Lipinski definition) is 6. The smallest absolute Gasteiger partial charge is 0.294 e. The van der Waals surface area contributed by atoms with Gasteiger partial charge in [-0.1, -0.05) is 17.7 Å². The molecule has 2 aromatic rings. The third-order valence-corrected chi connectivity index (χ3v) is 5.36. The first-order valence-corrected chi connectivity index (χ1v) is 10.2. The molecule has 158 valence electrons. The molecule has 0 unspecified atom stereocenters. The van der Waals surface area contributed by atoms with Crippen molar-refractivity contribution < 1.29 is 14.5 Å². The molecule has 1 aliphatic rings. The molecular formula is C20H21ClN4O4S. The third-order valence-electron chi connectivity index (χ3n) is 4.69. The third kappa shape index (κ3) is 4.98. The largest absolute Gasteiger partial charge is 0.494 e. The lowest BCUT2D eigenvalue weighted by Crippen LogP contribution is -2.52. The van der Waals surface area contributed by atoms with Crippen molar-refractivity contribution >= 4 is 46.2 Å². The number of ether oxygens (including phenoxy) is 1. The van der Waals surface area contributed by atoms with Crippen LogP contribution in [-0.2, 0) is 0 Å². The molecule has 0 aliphatic carbocycles. The summed E-state index contributed by atoms with van der Waals surface area (Å²) in [7, 11) is 0. The van der Waals surface area contributed by atoms with E-state index in [0.717, 1.165) is 0 Å². The minimum absolute atomic E-state index is 0.0256. The quantitative estimate of drug-likeness (QED) is 0.425. The lowest BCUT2D eigenvalue weighted by molar-refractivity contribution is -0.384. The summed E-state index contributed by atoms with van der Waals surface area (Å²) in [6, 6.07) is 11.5. The highest BCUT2D eigenvalue weighted by atomic mass is 35.5. The Labute approximate surface area is 184 Å². The molecule has 1 saturated heterocycles. The van der Waals surface area contributed by atoms with Gasteiger partial charge in [0.15, 0.2) is 5.11 Å². The van der Waals surface area contributed by atoms with Crippen LogP contribution in [0.1, 0.15) is 17.3 Å². The Hall–Kier alpha value is -2.91. The monoisotopic (exact) mass is 448 g/mol. The summed E-state index contributed by atoms with van der Waals surface area (Å²) in [4.78, 5) is 27.1. The first-order valence-electron chi connectivity index (χ1n) is 9.41. The number of anilines is 1. The van der Waals surface area contributed by atoms with Crippen LogP contribution in [0.4, 0.5) is 11.4 Å². The topological polar surface area (TPSA) is 88.0 Å². The maximum atomic E-state index is 12.4. The number of benzene rings is 2. The van der Waals surface area contributed by atoms with Crippen molar-refractivity contribution in [2.75, 3.05) is 37.7 Å². The summed E-state index contributed by atoms with van der Waals surface area (Å²) < 4.78 is 5.37. The van der Waals surface area contributed by atoms with E-state index in [2.05, 4.69) is 5.32 Å². The van der Waals surface area contributed by atoms with Gasteiger partial charge in [0.25, 0.3) is 11.6 Å². The Morgan fingerprint density at radius 2 is 1.87 bits per heavy atom. The molecule has 30 heavy (non-hydrogen) atoms. The number of nitro benzene ring substituents is 1. The van der Waals surface area contributed by atoms with Gasteiger partial charge in [-0.15, -0.1) is 0 Å². The van der Waals surface area contributed by atoms with Crippen molar-refractivity contribution in [2.24, 2.45) is 0 Å². The summed E-state index contributed by atoms with van der Waals surface area (Å²) in [5.41, 5.74) is 0.863. The van der Waals surface area contributed by atoms with Gasteiger partial charge in [-0.25, -0.2) is 0 Å². The number of rotatable bonds is 5. The summed E-state index contributed by atoms with van der Waals surface area (Å²) in [5, 5.41) is 14.7. The van der Waals surface area contributed by atoms with E-state index in [1.54, 1.807) is 36.4 Å². The van der Waals surface area contributed by atoms with E-state index in [1.165, 1.54) is 6.07 Å². The number of nitro groups is 1. The van der Waals surface area contributed by atoms with Gasteiger partial charge in [0.2, 0.25) is 0 Å². The van der Waals surface area contributed by atoms with Crippen molar-refractivity contribution in [3.05, 3.63) is 63.2 Å². The molecule has 1 aliphatic heterocycles. The lowest BCUT2D eigenvalue weighted by atomic mass is 10.2. The molecule has 0 bridgehead atoms. The van der Waals surface area contributed by atoms with Crippen LogP contribution in [0.3, 0.4) is 0 Å². The molecule has 10 heteroatoms. The Bertz CT molecular complexity index is 946. The average Bonchev–Trinajstić information content (AvgIpc) is 2.74. The SMILES string of the molecule is CCOc1ccc(C(=O)NC(=S)N2CCN(c3c(Cl)cccc3[N+](=O)[O-])CC2)cc1. The van der Waals surface area contributed by atoms with Gasteiger partial charge < -0.3 is 14.5 Å². The molecule has 0 aromatic heterocycles. The standard InChI is InChI=1S/C20H21ClN4O4S/c1-2-29-15-8-6-14(7-9-15)19(26)22-20(30)24-12-10-23(11-13-24)18-16(21)4-3-5-17(18)25(27)28/h3-9H,2,10-13H2,1H3,(H,22,26,30). The zero-order chi connectivity index (χ0) is 21.7. The molecule has 1 heterocycles. The zero-order valence-electron chi connectivity index (χ0n) is 16.3. The van der Waals surface area contributed by atoms with Gasteiger partial charge in [-0.05, 0) is 49.5 Å². The summed E-state index contributed by atoms with van der Waals surface area (Å²) >= 11 is 11.6. The molecule has 0 radical (unpaired) electrons. The van der Waals surface area contributed by atoms with E-state index in [1.807, 2.05) is 16.7 Å². The van der Waals surface area contributed by atoms with Crippen molar-refractivity contribution in [1.29, 1.82) is 0 Å². The molecule has 1 amide bonds. The van der Waals surface area contributed by atoms with Crippen LogP contribution in [0.25, 0.3) is 0 Å². The van der Waals surface area contributed by atoms with Crippen molar-refractivity contribution in [2.45, 2.75) is 6.92 Å². The molecule has 0 atom stereocenters. The minimum Gasteiger partial charge on any atom is -0.494 e. The van der Waals surface area contributed by atoms with Gasteiger partial charge in [0.1, 0.15) is 11.4 Å². The fourth-order valence-corrected chi connectivity index (χ4v) is 3.78. The zero-order valence-corrected chi connectivity index (χ0v) is 17.9. The minimum atomic E-state index is -0.435. The number of nitrogens with zero attached hydrogens (tertiary/aromatic N) is 3. The Kier molecular flexibility index (Phi) is 7.07. The Morgan fingerprint density at radius 1 is 1.20 bits per heavy atom. The van der Waals surface area contributed by atoms with E-state index in [0.29, 0.717) is 59.9 Å². The number of nitrogens with one attached hydrogen (secondary N) is 1. The summed E-state index contributed by atoms with van der Waals surface area (Å²) in [6.45, 7) is 4.44. The van der Waals surface area contributed by atoms with E-state index in [4.69, 9.17) is 28.6 Å². The van der Waals surface area contributed by atoms with E-state index in [9.17, 15) is 14.9 Å². The number of hydrogen-bond donors (Lipinski definition) is 1. The predicted octanol–water partition coefficient (Wildman–Crippen LogP) is 3.48. The summed E-state index contributed by atoms with van der Waals surface area (Å²) in [5.74, 6) is 0.397. The Balaban J connectivity index is 1.59. The average molecular weight is 449 g/mol. The number of carbonyl (C=O) groups is 1.